The van der Waals surface area contributed by atoms with Gasteiger partial charge in [0.15, 0.2) is 5.82 Å². The molecule has 1 aliphatic heterocycles. The van der Waals surface area contributed by atoms with Gasteiger partial charge in [-0.1, -0.05) is 5.16 Å². The summed E-state index contributed by atoms with van der Waals surface area (Å²) < 4.78 is 10.1. The minimum atomic E-state index is -0.917. The molecule has 1 aliphatic rings. The monoisotopic (exact) mass is 212 g/mol. The van der Waals surface area contributed by atoms with Gasteiger partial charge in [-0.3, -0.25) is 4.79 Å². The van der Waals surface area contributed by atoms with Crippen LogP contribution in [-0.2, 0) is 16.0 Å². The van der Waals surface area contributed by atoms with E-state index < -0.39 is 5.97 Å². The fourth-order valence-corrected chi connectivity index (χ4v) is 1.48. The van der Waals surface area contributed by atoms with Crippen molar-refractivity contribution in [1.82, 2.24) is 5.16 Å². The number of hydrogen-bond acceptors (Lipinski definition) is 5. The van der Waals surface area contributed by atoms with Gasteiger partial charge in [-0.15, -0.1) is 0 Å². The lowest BCUT2D eigenvalue weighted by Crippen LogP contribution is -2.36. The first-order chi connectivity index (χ1) is 7.25. The van der Waals surface area contributed by atoms with E-state index in [-0.39, 0.29) is 6.42 Å². The number of morpholine rings is 1. The third-order valence-corrected chi connectivity index (χ3v) is 2.21. The topological polar surface area (TPSA) is 75.8 Å². The van der Waals surface area contributed by atoms with E-state index in [9.17, 15) is 4.79 Å². The summed E-state index contributed by atoms with van der Waals surface area (Å²) in [6, 6.07) is 1.67. The smallest absolute Gasteiger partial charge is 0.311 e. The SMILES string of the molecule is O=C(O)Cc1cc(N2CCOCC2)no1. The molecule has 0 saturated carbocycles. The van der Waals surface area contributed by atoms with Gasteiger partial charge >= 0.3 is 5.97 Å². The summed E-state index contributed by atoms with van der Waals surface area (Å²) in [5.41, 5.74) is 0. The van der Waals surface area contributed by atoms with Gasteiger partial charge in [0.2, 0.25) is 0 Å². The van der Waals surface area contributed by atoms with Crippen LogP contribution < -0.4 is 4.90 Å². The normalized spacial score (nSPS) is 16.7. The standard InChI is InChI=1S/C9H12N2O4/c12-9(13)6-7-5-8(10-15-7)11-1-3-14-4-2-11/h5H,1-4,6H2,(H,12,13). The number of nitrogens with zero attached hydrogens (tertiary/aromatic N) is 2. The largest absolute Gasteiger partial charge is 0.481 e. The summed E-state index contributed by atoms with van der Waals surface area (Å²) >= 11 is 0. The van der Waals surface area contributed by atoms with Gasteiger partial charge in [-0.25, -0.2) is 0 Å². The van der Waals surface area contributed by atoms with Crippen molar-refractivity contribution in [2.45, 2.75) is 6.42 Å². The quantitative estimate of drug-likeness (QED) is 0.768. The van der Waals surface area contributed by atoms with Gasteiger partial charge < -0.3 is 19.3 Å². The van der Waals surface area contributed by atoms with Crippen molar-refractivity contribution < 1.29 is 19.2 Å². The van der Waals surface area contributed by atoms with E-state index in [4.69, 9.17) is 14.4 Å². The van der Waals surface area contributed by atoms with Crippen LogP contribution in [0.25, 0.3) is 0 Å². The lowest BCUT2D eigenvalue weighted by atomic mass is 10.3. The van der Waals surface area contributed by atoms with E-state index in [1.54, 1.807) is 6.07 Å². The lowest BCUT2D eigenvalue weighted by molar-refractivity contribution is -0.136. The van der Waals surface area contributed by atoms with Gasteiger partial charge in [-0.2, -0.15) is 0 Å². The number of aliphatic carboxylic acids is 1. The second-order valence-corrected chi connectivity index (χ2v) is 3.32. The zero-order valence-corrected chi connectivity index (χ0v) is 8.18. The van der Waals surface area contributed by atoms with Crippen LogP contribution in [0.5, 0.6) is 0 Å². The summed E-state index contributed by atoms with van der Waals surface area (Å²) in [5, 5.41) is 12.4. The fourth-order valence-electron chi connectivity index (χ4n) is 1.48. The van der Waals surface area contributed by atoms with Crippen LogP contribution in [0.4, 0.5) is 5.82 Å². The molecule has 2 heterocycles. The molecule has 1 aromatic heterocycles. The van der Waals surface area contributed by atoms with Crippen molar-refractivity contribution in [3.8, 4) is 0 Å². The Morgan fingerprint density at radius 2 is 2.27 bits per heavy atom. The highest BCUT2D eigenvalue weighted by molar-refractivity contribution is 5.69. The summed E-state index contributed by atoms with van der Waals surface area (Å²) in [6.45, 7) is 2.86. The van der Waals surface area contributed by atoms with E-state index in [1.807, 2.05) is 4.90 Å². The van der Waals surface area contributed by atoms with Crippen LogP contribution in [0.3, 0.4) is 0 Å². The molecule has 2 rings (SSSR count). The Morgan fingerprint density at radius 3 is 2.93 bits per heavy atom. The van der Waals surface area contributed by atoms with Crippen LogP contribution >= 0.6 is 0 Å². The lowest BCUT2D eigenvalue weighted by Gasteiger charge is -2.25. The Bertz CT molecular complexity index is 344. The van der Waals surface area contributed by atoms with Crippen LogP contribution in [-0.4, -0.2) is 42.5 Å². The maximum Gasteiger partial charge on any atom is 0.311 e. The molecule has 6 nitrogen and oxygen atoms in total. The molecule has 1 aromatic rings. The van der Waals surface area contributed by atoms with E-state index >= 15 is 0 Å². The van der Waals surface area contributed by atoms with Gasteiger partial charge in [0.1, 0.15) is 12.2 Å². The maximum atomic E-state index is 10.4. The molecule has 0 atom stereocenters. The average molecular weight is 212 g/mol. The van der Waals surface area contributed by atoms with Gasteiger partial charge in [0, 0.05) is 19.2 Å². The van der Waals surface area contributed by atoms with E-state index in [1.165, 1.54) is 0 Å². The highest BCUT2D eigenvalue weighted by Gasteiger charge is 2.16. The number of aromatic nitrogens is 1. The van der Waals surface area contributed by atoms with E-state index in [0.29, 0.717) is 24.8 Å². The van der Waals surface area contributed by atoms with Crippen LogP contribution in [0.15, 0.2) is 10.6 Å². The molecule has 1 fully saturated rings. The van der Waals surface area contributed by atoms with E-state index in [2.05, 4.69) is 5.16 Å². The number of hydrogen-bond donors (Lipinski definition) is 1. The van der Waals surface area contributed by atoms with Gasteiger partial charge in [0.05, 0.1) is 13.2 Å². The number of carboxylic acid groups (broad SMARTS) is 1. The minimum Gasteiger partial charge on any atom is -0.481 e. The highest BCUT2D eigenvalue weighted by Crippen LogP contribution is 2.15. The first-order valence-electron chi connectivity index (χ1n) is 4.76. The first-order valence-corrected chi connectivity index (χ1v) is 4.76. The number of carbonyl (C=O) groups is 1. The fraction of sp³-hybridized carbons (Fsp3) is 0.556. The Morgan fingerprint density at radius 1 is 1.53 bits per heavy atom. The molecule has 0 unspecified atom stereocenters. The van der Waals surface area contributed by atoms with Crippen molar-refractivity contribution in [2.75, 3.05) is 31.2 Å². The Hall–Kier alpha value is -1.56. The first kappa shape index (κ1) is 9.97. The number of carboxylic acids is 1. The van der Waals surface area contributed by atoms with Crippen molar-refractivity contribution in [1.29, 1.82) is 0 Å². The Kier molecular flexibility index (Phi) is 2.86. The van der Waals surface area contributed by atoms with Gasteiger partial charge in [-0.05, 0) is 0 Å². The third-order valence-electron chi connectivity index (χ3n) is 2.21. The van der Waals surface area contributed by atoms with E-state index in [0.717, 1.165) is 13.1 Å². The zero-order valence-electron chi connectivity index (χ0n) is 8.18. The second-order valence-electron chi connectivity index (χ2n) is 3.32. The van der Waals surface area contributed by atoms with Crippen molar-refractivity contribution in [3.63, 3.8) is 0 Å². The third kappa shape index (κ3) is 2.47. The van der Waals surface area contributed by atoms with Crippen molar-refractivity contribution in [3.05, 3.63) is 11.8 Å². The molecule has 15 heavy (non-hydrogen) atoms. The second kappa shape index (κ2) is 4.31. The average Bonchev–Trinajstić information content (AvgIpc) is 2.67. The van der Waals surface area contributed by atoms with Gasteiger partial charge in [0.25, 0.3) is 0 Å². The summed E-state index contributed by atoms with van der Waals surface area (Å²) in [5.74, 6) is 0.151. The van der Waals surface area contributed by atoms with Crippen molar-refractivity contribution in [2.24, 2.45) is 0 Å². The summed E-state index contributed by atoms with van der Waals surface area (Å²) in [4.78, 5) is 12.4. The van der Waals surface area contributed by atoms with Crippen LogP contribution in [0.2, 0.25) is 0 Å². The maximum absolute atomic E-state index is 10.4. The molecule has 6 heteroatoms. The molecule has 0 aromatic carbocycles. The molecule has 1 saturated heterocycles. The van der Waals surface area contributed by atoms with Crippen LogP contribution in [0, 0.1) is 0 Å². The minimum absolute atomic E-state index is 0.128. The molecule has 0 aliphatic carbocycles. The zero-order chi connectivity index (χ0) is 10.7. The highest BCUT2D eigenvalue weighted by atomic mass is 16.5. The molecule has 0 amide bonds. The number of anilines is 1. The molecule has 0 bridgehead atoms. The predicted molar refractivity (Wildman–Crippen MR) is 50.9 cm³/mol. The van der Waals surface area contributed by atoms with Crippen molar-refractivity contribution >= 4 is 11.8 Å². The summed E-state index contributed by atoms with van der Waals surface area (Å²) in [7, 11) is 0. The number of ether oxygens (including phenoxy) is 1. The Balaban J connectivity index is 2.02. The molecular formula is C9H12N2O4. The molecule has 82 valence electrons. The molecule has 0 radical (unpaired) electrons. The molecule has 0 spiro atoms. The predicted octanol–water partition coefficient (Wildman–Crippen LogP) is 0.138. The van der Waals surface area contributed by atoms with Crippen LogP contribution in [0.1, 0.15) is 5.76 Å². The Labute approximate surface area is 86.4 Å². The molecular weight excluding hydrogens is 200 g/mol. The summed E-state index contributed by atoms with van der Waals surface area (Å²) in [6.07, 6.45) is -0.128. The molecule has 1 N–H and O–H groups in total. The number of rotatable bonds is 3.